The molecule has 0 unspecified atom stereocenters. The Balaban J connectivity index is 1.54. The van der Waals surface area contributed by atoms with Crippen LogP contribution in [0.4, 0.5) is 16.2 Å². The van der Waals surface area contributed by atoms with Gasteiger partial charge in [0.2, 0.25) is 0 Å². The van der Waals surface area contributed by atoms with Crippen LogP contribution in [-0.4, -0.2) is 28.9 Å². The predicted octanol–water partition coefficient (Wildman–Crippen LogP) is 5.55. The van der Waals surface area contributed by atoms with Gasteiger partial charge in [-0.25, -0.2) is 19.4 Å². The van der Waals surface area contributed by atoms with E-state index in [0.717, 1.165) is 15.4 Å². The summed E-state index contributed by atoms with van der Waals surface area (Å²) in [6.45, 7) is 0.165. The van der Waals surface area contributed by atoms with Gasteiger partial charge in [-0.1, -0.05) is 72.8 Å². The maximum absolute atomic E-state index is 13.5. The number of carbonyl (C=O) groups excluding carboxylic acids is 3. The number of imide groups is 2. The number of benzene rings is 4. The van der Waals surface area contributed by atoms with Crippen LogP contribution in [0.3, 0.4) is 0 Å². The average Bonchev–Trinajstić information content (AvgIpc) is 2.96. The Kier molecular flexibility index (Phi) is 7.00. The van der Waals surface area contributed by atoms with E-state index in [0.29, 0.717) is 11.4 Å². The molecule has 39 heavy (non-hydrogen) atoms. The summed E-state index contributed by atoms with van der Waals surface area (Å²) in [7, 11) is 0. The second-order valence-corrected chi connectivity index (χ2v) is 8.63. The molecule has 0 saturated carbocycles. The summed E-state index contributed by atoms with van der Waals surface area (Å²) < 4.78 is 5.74. The molecule has 8 nitrogen and oxygen atoms in total. The maximum atomic E-state index is 13.5. The van der Waals surface area contributed by atoms with Gasteiger partial charge in [0, 0.05) is 0 Å². The molecule has 0 radical (unpaired) electrons. The largest absolute Gasteiger partial charge is 0.488 e. The van der Waals surface area contributed by atoms with Gasteiger partial charge >= 0.3 is 12.0 Å². The SMILES string of the molecule is O=C(O)c1cc(C=C2C(=O)N(c3ccccc3)C(=O)N(c3ccccc3)C2=O)ccc1OCc1ccccc1. The smallest absolute Gasteiger partial charge is 0.343 e. The number of urea groups is 1. The van der Waals surface area contributed by atoms with Crippen molar-refractivity contribution in [3.05, 3.63) is 131 Å². The highest BCUT2D eigenvalue weighted by atomic mass is 16.5. The highest BCUT2D eigenvalue weighted by molar-refractivity contribution is 6.46. The number of carboxylic acids is 1. The molecule has 1 fully saturated rings. The van der Waals surface area contributed by atoms with E-state index in [1.807, 2.05) is 30.3 Å². The number of amides is 4. The molecule has 192 valence electrons. The first kappa shape index (κ1) is 25.2. The van der Waals surface area contributed by atoms with Gasteiger partial charge in [0.25, 0.3) is 11.8 Å². The number of hydrogen-bond donors (Lipinski definition) is 1. The summed E-state index contributed by atoms with van der Waals surface area (Å²) in [6, 6.07) is 29.4. The van der Waals surface area contributed by atoms with E-state index in [-0.39, 0.29) is 29.1 Å². The Morgan fingerprint density at radius 1 is 0.718 bits per heavy atom. The molecule has 4 aromatic carbocycles. The topological polar surface area (TPSA) is 104 Å². The normalized spacial score (nSPS) is 13.4. The summed E-state index contributed by atoms with van der Waals surface area (Å²) in [5.74, 6) is -2.72. The zero-order valence-corrected chi connectivity index (χ0v) is 20.6. The summed E-state index contributed by atoms with van der Waals surface area (Å²) >= 11 is 0. The number of anilines is 2. The standard InChI is InChI=1S/C31H22N2O6/c34-28-26(19-22-16-17-27(25(18-22)30(36)37)39-20-21-10-4-1-5-11-21)29(35)33(24-14-8-3-9-15-24)31(38)32(28)23-12-6-2-7-13-23/h1-19H,20H2,(H,36,37). The molecule has 1 saturated heterocycles. The van der Waals surface area contributed by atoms with Gasteiger partial charge in [-0.2, -0.15) is 0 Å². The summed E-state index contributed by atoms with van der Waals surface area (Å²) in [4.78, 5) is 54.3. The summed E-state index contributed by atoms with van der Waals surface area (Å²) in [5, 5.41) is 9.82. The molecule has 0 aliphatic carbocycles. The zero-order chi connectivity index (χ0) is 27.4. The van der Waals surface area contributed by atoms with Crippen molar-refractivity contribution in [3.8, 4) is 5.75 Å². The van der Waals surface area contributed by atoms with Crippen molar-refractivity contribution in [1.82, 2.24) is 0 Å². The van der Waals surface area contributed by atoms with Crippen molar-refractivity contribution in [2.45, 2.75) is 6.61 Å². The number of carbonyl (C=O) groups is 4. The predicted molar refractivity (Wildman–Crippen MR) is 145 cm³/mol. The molecular weight excluding hydrogens is 496 g/mol. The number of para-hydroxylation sites is 2. The third-order valence-corrected chi connectivity index (χ3v) is 6.06. The van der Waals surface area contributed by atoms with E-state index in [9.17, 15) is 24.3 Å². The molecule has 0 bridgehead atoms. The third kappa shape index (κ3) is 5.17. The van der Waals surface area contributed by atoms with Gasteiger partial charge in [0.1, 0.15) is 23.5 Å². The molecule has 0 aromatic heterocycles. The first-order valence-electron chi connectivity index (χ1n) is 12.0. The fraction of sp³-hybridized carbons (Fsp3) is 0.0323. The van der Waals surface area contributed by atoms with E-state index in [4.69, 9.17) is 4.74 Å². The first-order valence-corrected chi connectivity index (χ1v) is 12.0. The van der Waals surface area contributed by atoms with Crippen LogP contribution < -0.4 is 14.5 Å². The van der Waals surface area contributed by atoms with E-state index in [1.165, 1.54) is 18.2 Å². The van der Waals surface area contributed by atoms with Crippen molar-refractivity contribution in [1.29, 1.82) is 0 Å². The number of ether oxygens (including phenoxy) is 1. The molecule has 0 spiro atoms. The van der Waals surface area contributed by atoms with Crippen molar-refractivity contribution < 1.29 is 29.0 Å². The van der Waals surface area contributed by atoms with Gasteiger partial charge in [-0.05, 0) is 53.6 Å². The van der Waals surface area contributed by atoms with E-state index >= 15 is 0 Å². The molecule has 1 N–H and O–H groups in total. The van der Waals surface area contributed by atoms with Gasteiger partial charge in [0.05, 0.1) is 11.4 Å². The number of carboxylic acid groups (broad SMARTS) is 1. The minimum Gasteiger partial charge on any atom is -0.488 e. The van der Waals surface area contributed by atoms with Gasteiger partial charge in [0.15, 0.2) is 0 Å². The molecule has 4 aromatic rings. The molecule has 1 heterocycles. The lowest BCUT2D eigenvalue weighted by Crippen LogP contribution is -2.57. The number of aromatic carboxylic acids is 1. The Morgan fingerprint density at radius 2 is 1.23 bits per heavy atom. The Bertz CT molecular complexity index is 1520. The second kappa shape index (κ2) is 10.9. The van der Waals surface area contributed by atoms with Gasteiger partial charge in [-0.3, -0.25) is 9.59 Å². The van der Waals surface area contributed by atoms with Crippen LogP contribution >= 0.6 is 0 Å². The minimum atomic E-state index is -1.23. The molecule has 1 aliphatic rings. The van der Waals surface area contributed by atoms with E-state index < -0.39 is 23.8 Å². The maximum Gasteiger partial charge on any atom is 0.343 e. The average molecular weight is 519 g/mol. The fourth-order valence-corrected chi connectivity index (χ4v) is 4.17. The first-order chi connectivity index (χ1) is 18.9. The Morgan fingerprint density at radius 3 is 1.74 bits per heavy atom. The molecular formula is C31H22N2O6. The monoisotopic (exact) mass is 518 g/mol. The lowest BCUT2D eigenvalue weighted by atomic mass is 10.0. The van der Waals surface area contributed by atoms with Crippen LogP contribution in [0.2, 0.25) is 0 Å². The third-order valence-electron chi connectivity index (χ3n) is 6.06. The van der Waals surface area contributed by atoms with Crippen LogP contribution in [-0.2, 0) is 16.2 Å². The lowest BCUT2D eigenvalue weighted by molar-refractivity contribution is -0.121. The molecule has 0 atom stereocenters. The number of rotatable bonds is 7. The second-order valence-electron chi connectivity index (χ2n) is 8.63. The van der Waals surface area contributed by atoms with Crippen molar-refractivity contribution in [2.24, 2.45) is 0 Å². The quantitative estimate of drug-likeness (QED) is 0.254. The van der Waals surface area contributed by atoms with E-state index in [1.54, 1.807) is 66.7 Å². The number of nitrogens with zero attached hydrogens (tertiary/aromatic N) is 2. The Labute approximate surface area is 224 Å². The van der Waals surface area contributed by atoms with Gasteiger partial charge < -0.3 is 9.84 Å². The molecule has 1 aliphatic heterocycles. The van der Waals surface area contributed by atoms with Gasteiger partial charge in [-0.15, -0.1) is 0 Å². The highest BCUT2D eigenvalue weighted by Gasteiger charge is 2.43. The van der Waals surface area contributed by atoms with Crippen LogP contribution in [0.25, 0.3) is 6.08 Å². The van der Waals surface area contributed by atoms with Crippen molar-refractivity contribution in [2.75, 3.05) is 9.80 Å². The Hall–Kier alpha value is -5.50. The molecule has 8 heteroatoms. The zero-order valence-electron chi connectivity index (χ0n) is 20.6. The lowest BCUT2D eigenvalue weighted by Gasteiger charge is -2.33. The molecule has 5 rings (SSSR count). The van der Waals surface area contributed by atoms with Crippen LogP contribution in [0.5, 0.6) is 5.75 Å². The van der Waals surface area contributed by atoms with Crippen molar-refractivity contribution >= 4 is 41.3 Å². The van der Waals surface area contributed by atoms with Crippen LogP contribution in [0, 0.1) is 0 Å². The summed E-state index contributed by atoms with van der Waals surface area (Å²) in [6.07, 6.45) is 1.29. The number of hydrogen-bond acceptors (Lipinski definition) is 5. The summed E-state index contributed by atoms with van der Waals surface area (Å²) in [5.41, 5.74) is 1.31. The number of barbiturate groups is 1. The highest BCUT2D eigenvalue weighted by Crippen LogP contribution is 2.30. The molecule has 4 amide bonds. The fourth-order valence-electron chi connectivity index (χ4n) is 4.17. The van der Waals surface area contributed by atoms with Crippen LogP contribution in [0.1, 0.15) is 21.5 Å². The van der Waals surface area contributed by atoms with E-state index in [2.05, 4.69) is 0 Å². The minimum absolute atomic E-state index is 0.133. The van der Waals surface area contributed by atoms with Crippen molar-refractivity contribution in [3.63, 3.8) is 0 Å². The van der Waals surface area contributed by atoms with Crippen LogP contribution in [0.15, 0.2) is 115 Å².